The summed E-state index contributed by atoms with van der Waals surface area (Å²) in [6, 6.07) is 13.0. The first-order valence-electron chi connectivity index (χ1n) is 6.77. The molecule has 0 aliphatic rings. The van der Waals surface area contributed by atoms with Crippen molar-refractivity contribution in [3.05, 3.63) is 54.2 Å². The molecule has 0 aliphatic carbocycles. The van der Waals surface area contributed by atoms with Crippen molar-refractivity contribution in [2.75, 3.05) is 14.2 Å². The number of benzene rings is 2. The molecule has 3 rings (SSSR count). The summed E-state index contributed by atoms with van der Waals surface area (Å²) < 4.78 is 12.6. The lowest BCUT2D eigenvalue weighted by Crippen LogP contribution is -2.11. The Morgan fingerprint density at radius 3 is 2.32 bits per heavy atom. The van der Waals surface area contributed by atoms with Gasteiger partial charge in [0.2, 0.25) is 5.91 Å². The van der Waals surface area contributed by atoms with Crippen LogP contribution in [0.4, 0.5) is 0 Å². The van der Waals surface area contributed by atoms with E-state index >= 15 is 0 Å². The van der Waals surface area contributed by atoms with E-state index in [1.54, 1.807) is 20.3 Å². The van der Waals surface area contributed by atoms with Crippen LogP contribution in [-0.4, -0.2) is 24.7 Å². The number of nitrogens with two attached hydrogens (primary N) is 1. The van der Waals surface area contributed by atoms with E-state index in [0.717, 1.165) is 16.6 Å². The van der Waals surface area contributed by atoms with Gasteiger partial charge in [0.25, 0.3) is 0 Å². The van der Waals surface area contributed by atoms with Crippen molar-refractivity contribution in [3.8, 4) is 17.2 Å². The Morgan fingerprint density at radius 1 is 1.05 bits per heavy atom. The highest BCUT2D eigenvalue weighted by Crippen LogP contribution is 2.29. The molecule has 2 N–H and O–H groups in total. The van der Waals surface area contributed by atoms with Gasteiger partial charge in [-0.2, -0.15) is 0 Å². The van der Waals surface area contributed by atoms with E-state index in [1.165, 1.54) is 0 Å². The first-order chi connectivity index (χ1) is 10.6. The highest BCUT2D eigenvalue weighted by atomic mass is 16.5. The Morgan fingerprint density at radius 2 is 1.73 bits per heavy atom. The molecule has 0 bridgehead atoms. The van der Waals surface area contributed by atoms with Gasteiger partial charge >= 0.3 is 0 Å². The van der Waals surface area contributed by atoms with Crippen LogP contribution in [0.5, 0.6) is 11.5 Å². The van der Waals surface area contributed by atoms with Crippen molar-refractivity contribution < 1.29 is 14.3 Å². The number of methoxy groups -OCH3 is 2. The average Bonchev–Trinajstić information content (AvgIpc) is 2.98. The summed E-state index contributed by atoms with van der Waals surface area (Å²) in [5, 5.41) is 0.816. The summed E-state index contributed by atoms with van der Waals surface area (Å²) in [5.41, 5.74) is 7.71. The van der Waals surface area contributed by atoms with Gasteiger partial charge in [-0.15, -0.1) is 0 Å². The summed E-state index contributed by atoms with van der Waals surface area (Å²) >= 11 is 0. The van der Waals surface area contributed by atoms with Crippen LogP contribution in [0.1, 0.15) is 10.4 Å². The predicted molar refractivity (Wildman–Crippen MR) is 84.9 cm³/mol. The largest absolute Gasteiger partial charge is 0.497 e. The third kappa shape index (κ3) is 2.26. The average molecular weight is 296 g/mol. The summed E-state index contributed by atoms with van der Waals surface area (Å²) in [7, 11) is 3.22. The third-order valence-electron chi connectivity index (χ3n) is 3.61. The molecule has 0 fully saturated rings. The minimum atomic E-state index is -0.438. The smallest absolute Gasteiger partial charge is 0.249 e. The SMILES string of the molecule is COc1cc(OC)cc(-n2ccc3c(C(N)=O)cccc32)c1. The maximum absolute atomic E-state index is 11.5. The molecule has 22 heavy (non-hydrogen) atoms. The molecule has 1 amide bonds. The van der Waals surface area contributed by atoms with E-state index in [9.17, 15) is 4.79 Å². The number of fused-ring (bicyclic) bond motifs is 1. The number of carbonyl (C=O) groups is 1. The zero-order valence-corrected chi connectivity index (χ0v) is 12.4. The van der Waals surface area contributed by atoms with Crippen molar-refractivity contribution >= 4 is 16.8 Å². The molecular weight excluding hydrogens is 280 g/mol. The van der Waals surface area contributed by atoms with Gasteiger partial charge in [-0.1, -0.05) is 6.07 Å². The molecule has 3 aromatic rings. The Labute approximate surface area is 127 Å². The Bertz CT molecular complexity index is 830. The molecule has 0 unspecified atom stereocenters. The standard InChI is InChI=1S/C17H16N2O3/c1-21-12-8-11(9-13(10-12)22-2)19-7-6-14-15(17(18)20)4-3-5-16(14)19/h3-10H,1-2H3,(H2,18,20). The second kappa shape index (κ2) is 5.44. The Hall–Kier alpha value is -2.95. The summed E-state index contributed by atoms with van der Waals surface area (Å²) in [6.07, 6.45) is 1.89. The van der Waals surface area contributed by atoms with Crippen LogP contribution in [0.15, 0.2) is 48.7 Å². The number of hydrogen-bond donors (Lipinski definition) is 1. The number of aromatic nitrogens is 1. The van der Waals surface area contributed by atoms with Gasteiger partial charge < -0.3 is 19.8 Å². The quantitative estimate of drug-likeness (QED) is 0.805. The Kier molecular flexibility index (Phi) is 3.47. The van der Waals surface area contributed by atoms with Gasteiger partial charge in [0.15, 0.2) is 0 Å². The zero-order chi connectivity index (χ0) is 15.7. The van der Waals surface area contributed by atoms with Gasteiger partial charge in [-0.25, -0.2) is 0 Å². The van der Waals surface area contributed by atoms with Crippen LogP contribution in [-0.2, 0) is 0 Å². The number of hydrogen-bond acceptors (Lipinski definition) is 3. The molecule has 0 spiro atoms. The molecular formula is C17H16N2O3. The first kappa shape index (κ1) is 14.0. The van der Waals surface area contributed by atoms with E-state index in [4.69, 9.17) is 15.2 Å². The molecule has 0 aliphatic heterocycles. The number of rotatable bonds is 4. The lowest BCUT2D eigenvalue weighted by molar-refractivity contribution is 0.100. The second-order valence-corrected chi connectivity index (χ2v) is 4.86. The van der Waals surface area contributed by atoms with Crippen molar-refractivity contribution in [2.45, 2.75) is 0 Å². The number of ether oxygens (including phenoxy) is 2. The first-order valence-corrected chi connectivity index (χ1v) is 6.77. The lowest BCUT2D eigenvalue weighted by Gasteiger charge is -2.11. The highest BCUT2D eigenvalue weighted by Gasteiger charge is 2.11. The van der Waals surface area contributed by atoms with Crippen molar-refractivity contribution in [2.24, 2.45) is 5.73 Å². The molecule has 0 saturated carbocycles. The summed E-state index contributed by atoms with van der Waals surface area (Å²) in [5.74, 6) is 0.955. The fourth-order valence-electron chi connectivity index (χ4n) is 2.54. The molecule has 0 saturated heterocycles. The molecule has 5 nitrogen and oxygen atoms in total. The van der Waals surface area contributed by atoms with Crippen molar-refractivity contribution in [1.29, 1.82) is 0 Å². The predicted octanol–water partition coefficient (Wildman–Crippen LogP) is 2.75. The van der Waals surface area contributed by atoms with E-state index < -0.39 is 5.91 Å². The van der Waals surface area contributed by atoms with Crippen LogP contribution in [0.2, 0.25) is 0 Å². The van der Waals surface area contributed by atoms with E-state index in [-0.39, 0.29) is 0 Å². The highest BCUT2D eigenvalue weighted by molar-refractivity contribution is 6.06. The number of nitrogens with zero attached hydrogens (tertiary/aromatic N) is 1. The van der Waals surface area contributed by atoms with Crippen LogP contribution >= 0.6 is 0 Å². The Balaban J connectivity index is 2.23. The molecule has 112 valence electrons. The molecule has 0 radical (unpaired) electrons. The minimum absolute atomic E-state index is 0.438. The minimum Gasteiger partial charge on any atom is -0.497 e. The number of carbonyl (C=O) groups excluding carboxylic acids is 1. The van der Waals surface area contributed by atoms with Crippen LogP contribution in [0, 0.1) is 0 Å². The maximum atomic E-state index is 11.5. The summed E-state index contributed by atoms with van der Waals surface area (Å²) in [4.78, 5) is 11.5. The third-order valence-corrected chi connectivity index (χ3v) is 3.61. The van der Waals surface area contributed by atoms with Crippen molar-refractivity contribution in [3.63, 3.8) is 0 Å². The van der Waals surface area contributed by atoms with Gasteiger partial charge in [0, 0.05) is 35.3 Å². The molecule has 0 atom stereocenters. The monoisotopic (exact) mass is 296 g/mol. The van der Waals surface area contributed by atoms with E-state index in [1.807, 2.05) is 47.2 Å². The topological polar surface area (TPSA) is 66.5 Å². The molecule has 1 aromatic heterocycles. The second-order valence-electron chi connectivity index (χ2n) is 4.86. The van der Waals surface area contributed by atoms with Gasteiger partial charge in [-0.05, 0) is 18.2 Å². The maximum Gasteiger partial charge on any atom is 0.249 e. The normalized spacial score (nSPS) is 10.6. The van der Waals surface area contributed by atoms with E-state index in [2.05, 4.69) is 0 Å². The van der Waals surface area contributed by atoms with Gasteiger partial charge in [0.1, 0.15) is 11.5 Å². The number of amides is 1. The van der Waals surface area contributed by atoms with E-state index in [0.29, 0.717) is 17.1 Å². The fourth-order valence-corrected chi connectivity index (χ4v) is 2.54. The van der Waals surface area contributed by atoms with Crippen LogP contribution in [0.25, 0.3) is 16.6 Å². The van der Waals surface area contributed by atoms with Gasteiger partial charge in [-0.3, -0.25) is 4.79 Å². The lowest BCUT2D eigenvalue weighted by atomic mass is 10.1. The molecule has 1 heterocycles. The fraction of sp³-hybridized carbons (Fsp3) is 0.118. The molecule has 2 aromatic carbocycles. The van der Waals surface area contributed by atoms with Crippen molar-refractivity contribution in [1.82, 2.24) is 4.57 Å². The van der Waals surface area contributed by atoms with Crippen LogP contribution < -0.4 is 15.2 Å². The molecule has 5 heteroatoms. The number of primary amides is 1. The summed E-state index contributed by atoms with van der Waals surface area (Å²) in [6.45, 7) is 0. The zero-order valence-electron chi connectivity index (χ0n) is 12.4. The van der Waals surface area contributed by atoms with Crippen LogP contribution in [0.3, 0.4) is 0 Å². The van der Waals surface area contributed by atoms with Gasteiger partial charge in [0.05, 0.1) is 25.4 Å².